The van der Waals surface area contributed by atoms with Crippen LogP contribution in [0.5, 0.6) is 0 Å². The Bertz CT molecular complexity index is 469. The average molecular weight is 298 g/mol. The fourth-order valence-corrected chi connectivity index (χ4v) is 2.48. The van der Waals surface area contributed by atoms with E-state index in [0.717, 1.165) is 12.8 Å². The van der Waals surface area contributed by atoms with Crippen LogP contribution in [0.25, 0.3) is 0 Å². The van der Waals surface area contributed by atoms with Crippen LogP contribution in [-0.4, -0.2) is 17.3 Å². The van der Waals surface area contributed by atoms with Crippen LogP contribution < -0.4 is 11.5 Å². The Balaban J connectivity index is 2.73. The number of carbonyl (C=O) groups excluding carboxylic acids is 1. The molecule has 1 atom stereocenters. The molecule has 0 amide bonds. The molecule has 20 heavy (non-hydrogen) atoms. The summed E-state index contributed by atoms with van der Waals surface area (Å²) in [4.78, 5) is 16.2. The van der Waals surface area contributed by atoms with Crippen molar-refractivity contribution in [2.24, 2.45) is 17.1 Å². The van der Waals surface area contributed by atoms with E-state index in [-0.39, 0.29) is 17.0 Å². The highest BCUT2D eigenvalue weighted by Crippen LogP contribution is 2.32. The van der Waals surface area contributed by atoms with Gasteiger partial charge < -0.3 is 11.5 Å². The highest BCUT2D eigenvalue weighted by atomic mass is 35.5. The summed E-state index contributed by atoms with van der Waals surface area (Å²) in [6.45, 7) is 7.16. The summed E-state index contributed by atoms with van der Waals surface area (Å²) >= 11 is 5.86. The highest BCUT2D eigenvalue weighted by Gasteiger charge is 2.25. The van der Waals surface area contributed by atoms with Gasteiger partial charge in [0, 0.05) is 12.6 Å². The molecule has 5 heteroatoms. The van der Waals surface area contributed by atoms with E-state index in [1.807, 2.05) is 0 Å². The van der Waals surface area contributed by atoms with Gasteiger partial charge >= 0.3 is 0 Å². The van der Waals surface area contributed by atoms with Gasteiger partial charge in [-0.05, 0) is 36.8 Å². The minimum absolute atomic E-state index is 0.0104. The Kier molecular flexibility index (Phi) is 5.96. The van der Waals surface area contributed by atoms with Crippen LogP contribution in [0, 0.1) is 11.3 Å². The van der Waals surface area contributed by atoms with Crippen molar-refractivity contribution in [3.05, 3.63) is 22.8 Å². The molecular weight excluding hydrogens is 274 g/mol. The minimum Gasteiger partial charge on any atom is -0.383 e. The van der Waals surface area contributed by atoms with Crippen LogP contribution in [0.4, 0.5) is 5.82 Å². The van der Waals surface area contributed by atoms with Gasteiger partial charge in [0.25, 0.3) is 0 Å². The standard InChI is InChI=1S/C15H24ClN3O/c1-15(2,3)10(6-7-17)4-5-13(20)12-8-11(16)9-19-14(12)18/h8-10H,4-7,17H2,1-3H3,(H2,18,19). The number of nitrogens with two attached hydrogens (primary N) is 2. The van der Waals surface area contributed by atoms with Crippen molar-refractivity contribution in [1.82, 2.24) is 4.98 Å². The van der Waals surface area contributed by atoms with Gasteiger partial charge in [-0.25, -0.2) is 4.98 Å². The maximum Gasteiger partial charge on any atom is 0.166 e. The van der Waals surface area contributed by atoms with Gasteiger partial charge in [-0.1, -0.05) is 32.4 Å². The van der Waals surface area contributed by atoms with E-state index < -0.39 is 0 Å². The lowest BCUT2D eigenvalue weighted by Gasteiger charge is -2.30. The molecule has 0 aliphatic rings. The fraction of sp³-hybridized carbons (Fsp3) is 0.600. The third-order valence-corrected chi connectivity index (χ3v) is 3.85. The van der Waals surface area contributed by atoms with E-state index >= 15 is 0 Å². The third-order valence-electron chi connectivity index (χ3n) is 3.65. The molecule has 0 fully saturated rings. The van der Waals surface area contributed by atoms with E-state index in [1.165, 1.54) is 6.20 Å². The SMILES string of the molecule is CC(C)(C)C(CCN)CCC(=O)c1cc(Cl)cnc1N. The molecule has 1 aromatic heterocycles. The van der Waals surface area contributed by atoms with E-state index in [9.17, 15) is 4.79 Å². The molecular formula is C15H24ClN3O. The molecule has 0 aromatic carbocycles. The second-order valence-electron chi connectivity index (χ2n) is 6.19. The Labute approximate surface area is 125 Å². The van der Waals surface area contributed by atoms with Crippen LogP contribution in [0.3, 0.4) is 0 Å². The highest BCUT2D eigenvalue weighted by molar-refractivity contribution is 6.31. The molecule has 1 aromatic rings. The summed E-state index contributed by atoms with van der Waals surface area (Å²) in [5, 5.41) is 0.428. The molecule has 0 bridgehead atoms. The number of aromatic nitrogens is 1. The molecule has 4 N–H and O–H groups in total. The number of halogens is 1. The first-order valence-corrected chi connectivity index (χ1v) is 7.27. The van der Waals surface area contributed by atoms with E-state index in [2.05, 4.69) is 25.8 Å². The van der Waals surface area contributed by atoms with Crippen LogP contribution in [0.15, 0.2) is 12.3 Å². The van der Waals surface area contributed by atoms with Crippen LogP contribution >= 0.6 is 11.6 Å². The number of hydrogen-bond donors (Lipinski definition) is 2. The Morgan fingerprint density at radius 2 is 2.05 bits per heavy atom. The molecule has 0 radical (unpaired) electrons. The normalized spacial score (nSPS) is 13.2. The Morgan fingerprint density at radius 3 is 2.60 bits per heavy atom. The van der Waals surface area contributed by atoms with Crippen LogP contribution in [0.2, 0.25) is 5.02 Å². The van der Waals surface area contributed by atoms with Crippen molar-refractivity contribution >= 4 is 23.2 Å². The second-order valence-corrected chi connectivity index (χ2v) is 6.62. The number of hydrogen-bond acceptors (Lipinski definition) is 4. The van der Waals surface area contributed by atoms with Gasteiger partial charge in [0.15, 0.2) is 5.78 Å². The van der Waals surface area contributed by atoms with Crippen molar-refractivity contribution < 1.29 is 4.79 Å². The predicted molar refractivity (Wildman–Crippen MR) is 83.8 cm³/mol. The lowest BCUT2D eigenvalue weighted by molar-refractivity contribution is 0.0958. The van der Waals surface area contributed by atoms with Crippen LogP contribution in [0.1, 0.15) is 50.4 Å². The number of carbonyl (C=O) groups is 1. The lowest BCUT2D eigenvalue weighted by atomic mass is 9.76. The Hall–Kier alpha value is -1.13. The summed E-state index contributed by atoms with van der Waals surface area (Å²) in [6.07, 6.45) is 3.60. The van der Waals surface area contributed by atoms with Gasteiger partial charge in [0.1, 0.15) is 5.82 Å². The van der Waals surface area contributed by atoms with Crippen molar-refractivity contribution in [2.45, 2.75) is 40.0 Å². The Morgan fingerprint density at radius 1 is 1.40 bits per heavy atom. The summed E-state index contributed by atoms with van der Waals surface area (Å²) < 4.78 is 0. The number of pyridine rings is 1. The largest absolute Gasteiger partial charge is 0.383 e. The van der Waals surface area contributed by atoms with Gasteiger partial charge in [0.05, 0.1) is 10.6 Å². The quantitative estimate of drug-likeness (QED) is 0.789. The third kappa shape index (κ3) is 4.76. The first kappa shape index (κ1) is 16.9. The van der Waals surface area contributed by atoms with E-state index in [4.69, 9.17) is 23.1 Å². The summed E-state index contributed by atoms with van der Waals surface area (Å²) in [6, 6.07) is 1.58. The molecule has 4 nitrogen and oxygen atoms in total. The number of anilines is 1. The first-order chi connectivity index (χ1) is 9.25. The molecule has 1 rings (SSSR count). The van der Waals surface area contributed by atoms with Gasteiger partial charge in [-0.2, -0.15) is 0 Å². The molecule has 1 heterocycles. The van der Waals surface area contributed by atoms with Gasteiger partial charge in [-0.3, -0.25) is 4.79 Å². The zero-order valence-electron chi connectivity index (χ0n) is 12.4. The monoisotopic (exact) mass is 297 g/mol. The summed E-state index contributed by atoms with van der Waals surface area (Å²) in [7, 11) is 0. The number of Topliss-reactive ketones (excluding diaryl/α,β-unsaturated/α-hetero) is 1. The predicted octanol–water partition coefficient (Wildman–Crippen LogP) is 3.29. The summed E-state index contributed by atoms with van der Waals surface area (Å²) in [5.74, 6) is 0.638. The van der Waals surface area contributed by atoms with E-state index in [0.29, 0.717) is 29.5 Å². The molecule has 0 spiro atoms. The lowest BCUT2D eigenvalue weighted by Crippen LogP contribution is -2.24. The molecule has 0 saturated heterocycles. The smallest absolute Gasteiger partial charge is 0.166 e. The molecule has 0 aliphatic heterocycles. The summed E-state index contributed by atoms with van der Waals surface area (Å²) in [5.41, 5.74) is 11.9. The maximum atomic E-state index is 12.2. The average Bonchev–Trinajstić information content (AvgIpc) is 2.35. The number of nitrogen functional groups attached to an aromatic ring is 1. The maximum absolute atomic E-state index is 12.2. The number of rotatable bonds is 6. The first-order valence-electron chi connectivity index (χ1n) is 6.90. The zero-order valence-corrected chi connectivity index (χ0v) is 13.2. The van der Waals surface area contributed by atoms with Crippen LogP contribution in [-0.2, 0) is 0 Å². The molecule has 0 saturated carbocycles. The van der Waals surface area contributed by atoms with Gasteiger partial charge in [-0.15, -0.1) is 0 Å². The van der Waals surface area contributed by atoms with Crippen molar-refractivity contribution in [1.29, 1.82) is 0 Å². The fourth-order valence-electron chi connectivity index (χ4n) is 2.32. The molecule has 112 valence electrons. The van der Waals surface area contributed by atoms with E-state index in [1.54, 1.807) is 6.07 Å². The van der Waals surface area contributed by atoms with Gasteiger partial charge in [0.2, 0.25) is 0 Å². The van der Waals surface area contributed by atoms with Crippen molar-refractivity contribution in [2.75, 3.05) is 12.3 Å². The minimum atomic E-state index is -0.0104. The number of nitrogens with zero attached hydrogens (tertiary/aromatic N) is 1. The number of ketones is 1. The van der Waals surface area contributed by atoms with Crippen molar-refractivity contribution in [3.63, 3.8) is 0 Å². The molecule has 1 unspecified atom stereocenters. The second kappa shape index (κ2) is 7.04. The van der Waals surface area contributed by atoms with Crippen molar-refractivity contribution in [3.8, 4) is 0 Å². The molecule has 0 aliphatic carbocycles. The zero-order chi connectivity index (χ0) is 15.3. The topological polar surface area (TPSA) is 82.0 Å².